The Labute approximate surface area is 116 Å². The first kappa shape index (κ1) is 13.6. The molecule has 1 N–H and O–H groups in total. The predicted octanol–water partition coefficient (Wildman–Crippen LogP) is 3.33. The van der Waals surface area contributed by atoms with Crippen molar-refractivity contribution in [3.63, 3.8) is 0 Å². The summed E-state index contributed by atoms with van der Waals surface area (Å²) in [6.45, 7) is 1.49. The first-order valence-electron chi connectivity index (χ1n) is 6.09. The Morgan fingerprint density at radius 1 is 1.05 bits per heavy atom. The van der Waals surface area contributed by atoms with Gasteiger partial charge in [-0.15, -0.1) is 0 Å². The monoisotopic (exact) mass is 273 g/mol. The van der Waals surface area contributed by atoms with Crippen LogP contribution in [0.1, 0.15) is 19.8 Å². The van der Waals surface area contributed by atoms with E-state index in [1.807, 2.05) is 36.4 Å². The van der Waals surface area contributed by atoms with E-state index in [0.717, 1.165) is 10.3 Å². The molecule has 0 heterocycles. The van der Waals surface area contributed by atoms with Gasteiger partial charge in [-0.25, -0.2) is 0 Å². The van der Waals surface area contributed by atoms with Gasteiger partial charge in [0, 0.05) is 17.7 Å². The largest absolute Gasteiger partial charge is 0.300 e. The highest BCUT2D eigenvalue weighted by atomic mass is 32.2. The van der Waals surface area contributed by atoms with Crippen LogP contribution in [-0.2, 0) is 9.59 Å². The smallest absolute Gasteiger partial charge is 0.230 e. The summed E-state index contributed by atoms with van der Waals surface area (Å²) < 4.78 is 2.74. The van der Waals surface area contributed by atoms with E-state index < -0.39 is 0 Å². The zero-order chi connectivity index (χ0) is 13.7. The van der Waals surface area contributed by atoms with Gasteiger partial charge < -0.3 is 4.79 Å². The molecule has 4 heteroatoms. The lowest BCUT2D eigenvalue weighted by Gasteiger charge is -2.05. The third kappa shape index (κ3) is 4.10. The summed E-state index contributed by atoms with van der Waals surface area (Å²) in [7, 11) is 0. The molecular weight excluding hydrogens is 258 g/mol. The number of ketones is 1. The minimum absolute atomic E-state index is 0.0332. The standard InChI is InChI=1S/C15H15NO2S/c1-11(17)6-9-15(18)16-19-14-8-7-12-4-2-3-5-13(12)10-14/h2-5,7-8,10H,6,9H2,1H3,(H,16,18). The topological polar surface area (TPSA) is 46.2 Å². The van der Waals surface area contributed by atoms with Gasteiger partial charge in [0.25, 0.3) is 0 Å². The molecule has 0 aliphatic rings. The first-order valence-corrected chi connectivity index (χ1v) is 6.91. The number of Topliss-reactive ketones (excluding diaryl/α,β-unsaturated/α-hetero) is 1. The number of hydrogen-bond acceptors (Lipinski definition) is 3. The maximum absolute atomic E-state index is 11.5. The summed E-state index contributed by atoms with van der Waals surface area (Å²) in [5, 5.41) is 2.32. The van der Waals surface area contributed by atoms with E-state index in [1.54, 1.807) is 0 Å². The Kier molecular flexibility index (Phi) is 4.58. The SMILES string of the molecule is CC(=O)CCC(=O)NSc1ccc2ccccc2c1. The van der Waals surface area contributed by atoms with Crippen LogP contribution >= 0.6 is 11.9 Å². The third-order valence-electron chi connectivity index (χ3n) is 2.71. The fourth-order valence-corrected chi connectivity index (χ4v) is 2.34. The predicted molar refractivity (Wildman–Crippen MR) is 77.9 cm³/mol. The average molecular weight is 273 g/mol. The Morgan fingerprint density at radius 2 is 1.79 bits per heavy atom. The summed E-state index contributed by atoms with van der Waals surface area (Å²) in [5.74, 6) is -0.0841. The molecule has 0 aliphatic heterocycles. The molecule has 1 amide bonds. The van der Waals surface area contributed by atoms with Gasteiger partial charge in [-0.1, -0.05) is 30.3 Å². The van der Waals surface area contributed by atoms with Crippen molar-refractivity contribution in [3.05, 3.63) is 42.5 Å². The molecule has 0 fully saturated rings. The summed E-state index contributed by atoms with van der Waals surface area (Å²) in [6, 6.07) is 14.1. The highest BCUT2D eigenvalue weighted by Gasteiger charge is 2.04. The second-order valence-electron chi connectivity index (χ2n) is 4.34. The second kappa shape index (κ2) is 6.38. The Hall–Kier alpha value is -1.81. The van der Waals surface area contributed by atoms with Crippen LogP contribution in [0.15, 0.2) is 47.4 Å². The molecule has 2 aromatic rings. The van der Waals surface area contributed by atoms with Crippen molar-refractivity contribution in [2.24, 2.45) is 0 Å². The molecular formula is C15H15NO2S. The molecule has 0 bridgehead atoms. The quantitative estimate of drug-likeness (QED) is 0.850. The number of benzene rings is 2. The number of hydrogen-bond donors (Lipinski definition) is 1. The zero-order valence-electron chi connectivity index (χ0n) is 10.7. The van der Waals surface area contributed by atoms with Gasteiger partial charge in [0.2, 0.25) is 5.91 Å². The molecule has 2 aromatic carbocycles. The van der Waals surface area contributed by atoms with E-state index in [0.29, 0.717) is 6.42 Å². The van der Waals surface area contributed by atoms with E-state index in [4.69, 9.17) is 0 Å². The van der Waals surface area contributed by atoms with Crippen LogP contribution < -0.4 is 4.72 Å². The van der Waals surface area contributed by atoms with E-state index in [1.165, 1.54) is 24.3 Å². The zero-order valence-corrected chi connectivity index (χ0v) is 11.5. The van der Waals surface area contributed by atoms with Gasteiger partial charge in [-0.05, 0) is 41.8 Å². The van der Waals surface area contributed by atoms with Gasteiger partial charge >= 0.3 is 0 Å². The minimum Gasteiger partial charge on any atom is -0.300 e. The number of rotatable bonds is 5. The van der Waals surface area contributed by atoms with Gasteiger partial charge in [-0.2, -0.15) is 0 Å². The van der Waals surface area contributed by atoms with Crippen LogP contribution in [0.3, 0.4) is 0 Å². The summed E-state index contributed by atoms with van der Waals surface area (Å²) in [4.78, 5) is 23.3. The van der Waals surface area contributed by atoms with E-state index in [-0.39, 0.29) is 18.1 Å². The summed E-state index contributed by atoms with van der Waals surface area (Å²) in [5.41, 5.74) is 0. The van der Waals surface area contributed by atoms with Crippen LogP contribution in [0.4, 0.5) is 0 Å². The number of amides is 1. The molecule has 0 radical (unpaired) electrons. The molecule has 0 atom stereocenters. The normalized spacial score (nSPS) is 10.4. The van der Waals surface area contributed by atoms with Gasteiger partial charge in [0.15, 0.2) is 0 Å². The van der Waals surface area contributed by atoms with Crippen LogP contribution in [-0.4, -0.2) is 11.7 Å². The summed E-state index contributed by atoms with van der Waals surface area (Å²) in [6.07, 6.45) is 0.542. The molecule has 0 unspecified atom stereocenters. The molecule has 0 aromatic heterocycles. The van der Waals surface area contributed by atoms with E-state index in [2.05, 4.69) is 10.8 Å². The van der Waals surface area contributed by atoms with Crippen molar-refractivity contribution in [2.75, 3.05) is 0 Å². The number of carbonyl (C=O) groups excluding carboxylic acids is 2. The lowest BCUT2D eigenvalue weighted by atomic mass is 10.1. The van der Waals surface area contributed by atoms with Crippen molar-refractivity contribution in [2.45, 2.75) is 24.7 Å². The lowest BCUT2D eigenvalue weighted by Crippen LogP contribution is -2.16. The lowest BCUT2D eigenvalue weighted by molar-refractivity contribution is -0.123. The molecule has 98 valence electrons. The minimum atomic E-state index is -0.117. The fourth-order valence-electron chi connectivity index (χ4n) is 1.69. The van der Waals surface area contributed by atoms with Gasteiger partial charge in [-0.3, -0.25) is 9.52 Å². The fraction of sp³-hybridized carbons (Fsp3) is 0.200. The number of nitrogens with one attached hydrogen (secondary N) is 1. The van der Waals surface area contributed by atoms with Crippen molar-refractivity contribution in [1.82, 2.24) is 4.72 Å². The number of fused-ring (bicyclic) bond motifs is 1. The maximum Gasteiger partial charge on any atom is 0.230 e. The average Bonchev–Trinajstić information content (AvgIpc) is 2.42. The molecule has 0 spiro atoms. The van der Waals surface area contributed by atoms with Crippen LogP contribution in [0, 0.1) is 0 Å². The highest BCUT2D eigenvalue weighted by molar-refractivity contribution is 7.98. The summed E-state index contributed by atoms with van der Waals surface area (Å²) >= 11 is 1.28. The molecule has 2 rings (SSSR count). The van der Waals surface area contributed by atoms with E-state index in [9.17, 15) is 9.59 Å². The molecule has 0 saturated heterocycles. The Balaban J connectivity index is 1.94. The Morgan fingerprint density at radius 3 is 2.53 bits per heavy atom. The van der Waals surface area contributed by atoms with Crippen LogP contribution in [0.5, 0.6) is 0 Å². The maximum atomic E-state index is 11.5. The van der Waals surface area contributed by atoms with Gasteiger partial charge in [0.05, 0.1) is 0 Å². The van der Waals surface area contributed by atoms with E-state index >= 15 is 0 Å². The van der Waals surface area contributed by atoms with Crippen molar-refractivity contribution in [1.29, 1.82) is 0 Å². The molecule has 3 nitrogen and oxygen atoms in total. The van der Waals surface area contributed by atoms with Crippen LogP contribution in [0.2, 0.25) is 0 Å². The van der Waals surface area contributed by atoms with Crippen molar-refractivity contribution in [3.8, 4) is 0 Å². The van der Waals surface area contributed by atoms with Crippen LogP contribution in [0.25, 0.3) is 10.8 Å². The molecule has 0 saturated carbocycles. The van der Waals surface area contributed by atoms with Crippen molar-refractivity contribution < 1.29 is 9.59 Å². The highest BCUT2D eigenvalue weighted by Crippen LogP contribution is 2.21. The second-order valence-corrected chi connectivity index (χ2v) is 5.22. The van der Waals surface area contributed by atoms with Crippen molar-refractivity contribution >= 4 is 34.4 Å². The Bertz CT molecular complexity index is 610. The first-order chi connectivity index (χ1) is 9.15. The molecule has 19 heavy (non-hydrogen) atoms. The molecule has 0 aliphatic carbocycles. The third-order valence-corrected chi connectivity index (χ3v) is 3.53. The number of carbonyl (C=O) groups is 2. The van der Waals surface area contributed by atoms with Gasteiger partial charge in [0.1, 0.15) is 5.78 Å².